The van der Waals surface area contributed by atoms with Crippen molar-refractivity contribution in [1.82, 2.24) is 0 Å². The minimum atomic E-state index is -4.12. The zero-order chi connectivity index (χ0) is 23.8. The molecule has 3 aromatic carbocycles. The van der Waals surface area contributed by atoms with Gasteiger partial charge in [0.25, 0.3) is 10.0 Å². The Balaban J connectivity index is 1.94. The second-order valence-electron chi connectivity index (χ2n) is 6.95. The summed E-state index contributed by atoms with van der Waals surface area (Å²) in [5.74, 6) is -0.196. The number of hydrogen-bond acceptors (Lipinski definition) is 5. The van der Waals surface area contributed by atoms with Crippen LogP contribution >= 0.6 is 11.6 Å². The van der Waals surface area contributed by atoms with Crippen LogP contribution in [-0.2, 0) is 21.2 Å². The number of sulfonamides is 1. The number of para-hydroxylation sites is 2. The van der Waals surface area contributed by atoms with Crippen molar-refractivity contribution in [1.29, 1.82) is 5.26 Å². The zero-order valence-corrected chi connectivity index (χ0v) is 19.4. The molecule has 0 spiro atoms. The Bertz CT molecular complexity index is 1250. The average Bonchev–Trinajstić information content (AvgIpc) is 2.80. The van der Waals surface area contributed by atoms with Crippen LogP contribution in [0.1, 0.15) is 12.5 Å². The van der Waals surface area contributed by atoms with Crippen molar-refractivity contribution in [3.63, 3.8) is 0 Å². The molecule has 0 atom stereocenters. The fourth-order valence-electron chi connectivity index (χ4n) is 3.10. The Morgan fingerprint density at radius 2 is 1.73 bits per heavy atom. The second-order valence-corrected chi connectivity index (χ2v) is 9.25. The minimum Gasteiger partial charge on any atom is -0.492 e. The first kappa shape index (κ1) is 24.1. The topological polar surface area (TPSA) is 99.5 Å². The highest BCUT2D eigenvalue weighted by atomic mass is 35.5. The van der Waals surface area contributed by atoms with E-state index in [1.807, 2.05) is 0 Å². The number of halogens is 1. The highest BCUT2D eigenvalue weighted by molar-refractivity contribution is 7.92. The van der Waals surface area contributed by atoms with Gasteiger partial charge in [0.05, 0.1) is 29.7 Å². The van der Waals surface area contributed by atoms with Crippen molar-refractivity contribution < 1.29 is 17.9 Å². The fraction of sp³-hybridized carbons (Fsp3) is 0.167. The number of carbonyl (C=O) groups excluding carboxylic acids is 1. The first-order valence-electron chi connectivity index (χ1n) is 10.1. The summed E-state index contributed by atoms with van der Waals surface area (Å²) in [4.78, 5) is 12.9. The molecule has 0 aromatic heterocycles. The van der Waals surface area contributed by atoms with Gasteiger partial charge in [0, 0.05) is 10.7 Å². The molecule has 3 rings (SSSR count). The Hall–Kier alpha value is -3.54. The molecular formula is C24H22ClN3O4S. The van der Waals surface area contributed by atoms with Gasteiger partial charge in [-0.2, -0.15) is 5.26 Å². The van der Waals surface area contributed by atoms with Crippen LogP contribution in [0.3, 0.4) is 0 Å². The third kappa shape index (κ3) is 6.04. The molecule has 1 amide bonds. The average molecular weight is 484 g/mol. The number of carbonyl (C=O) groups is 1. The van der Waals surface area contributed by atoms with E-state index in [9.17, 15) is 13.2 Å². The van der Waals surface area contributed by atoms with E-state index >= 15 is 0 Å². The molecule has 0 aliphatic heterocycles. The van der Waals surface area contributed by atoms with Crippen molar-refractivity contribution in [2.24, 2.45) is 0 Å². The number of nitrogens with zero attached hydrogens (tertiary/aromatic N) is 2. The van der Waals surface area contributed by atoms with Crippen LogP contribution in [-0.4, -0.2) is 27.5 Å². The van der Waals surface area contributed by atoms with E-state index in [4.69, 9.17) is 21.6 Å². The number of hydrogen-bond donors (Lipinski definition) is 1. The van der Waals surface area contributed by atoms with E-state index in [0.717, 1.165) is 9.87 Å². The molecule has 7 nitrogen and oxygen atoms in total. The Kier molecular flexibility index (Phi) is 7.93. The Labute approximate surface area is 198 Å². The van der Waals surface area contributed by atoms with Crippen LogP contribution in [0.25, 0.3) is 0 Å². The van der Waals surface area contributed by atoms with E-state index < -0.39 is 22.5 Å². The van der Waals surface area contributed by atoms with Gasteiger partial charge in [-0.25, -0.2) is 8.42 Å². The van der Waals surface area contributed by atoms with Gasteiger partial charge in [-0.15, -0.1) is 0 Å². The standard InChI is InChI=1S/C24H22ClN3O4S/c1-2-32-23-6-4-3-5-22(23)28(33(30,31)21-13-9-19(25)10-14-21)17-24(29)27-20-11-7-18(8-12-20)15-16-26/h3-14H,2,15,17H2,1H3,(H,27,29). The van der Waals surface area contributed by atoms with E-state index in [-0.39, 0.29) is 17.0 Å². The quantitative estimate of drug-likeness (QED) is 0.478. The molecule has 0 fully saturated rings. The van der Waals surface area contributed by atoms with Gasteiger partial charge < -0.3 is 10.1 Å². The van der Waals surface area contributed by atoms with E-state index in [1.54, 1.807) is 55.5 Å². The smallest absolute Gasteiger partial charge is 0.264 e. The summed E-state index contributed by atoms with van der Waals surface area (Å²) in [5.41, 5.74) is 1.55. The molecule has 0 radical (unpaired) electrons. The normalized spacial score (nSPS) is 10.8. The highest BCUT2D eigenvalue weighted by Crippen LogP contribution is 2.32. The van der Waals surface area contributed by atoms with Crippen LogP contribution in [0, 0.1) is 11.3 Å². The van der Waals surface area contributed by atoms with Crippen molar-refractivity contribution in [2.45, 2.75) is 18.2 Å². The lowest BCUT2D eigenvalue weighted by Gasteiger charge is -2.26. The lowest BCUT2D eigenvalue weighted by molar-refractivity contribution is -0.114. The molecule has 170 valence electrons. The van der Waals surface area contributed by atoms with Crippen LogP contribution in [0.2, 0.25) is 5.02 Å². The van der Waals surface area contributed by atoms with Crippen LogP contribution in [0.4, 0.5) is 11.4 Å². The SMILES string of the molecule is CCOc1ccccc1N(CC(=O)Nc1ccc(CC#N)cc1)S(=O)(=O)c1ccc(Cl)cc1. The fourth-order valence-corrected chi connectivity index (χ4v) is 4.66. The van der Waals surface area contributed by atoms with Crippen molar-refractivity contribution in [3.05, 3.63) is 83.4 Å². The van der Waals surface area contributed by atoms with Gasteiger partial charge in [0.1, 0.15) is 12.3 Å². The monoisotopic (exact) mass is 483 g/mol. The third-order valence-electron chi connectivity index (χ3n) is 4.64. The minimum absolute atomic E-state index is 0.00754. The maximum Gasteiger partial charge on any atom is 0.264 e. The maximum atomic E-state index is 13.5. The lowest BCUT2D eigenvalue weighted by Crippen LogP contribution is -2.38. The highest BCUT2D eigenvalue weighted by Gasteiger charge is 2.29. The summed E-state index contributed by atoms with van der Waals surface area (Å²) >= 11 is 5.92. The molecule has 0 saturated heterocycles. The predicted molar refractivity (Wildman–Crippen MR) is 128 cm³/mol. The Morgan fingerprint density at radius 1 is 1.06 bits per heavy atom. The number of ether oxygens (including phenoxy) is 1. The third-order valence-corrected chi connectivity index (χ3v) is 6.67. The Morgan fingerprint density at radius 3 is 2.36 bits per heavy atom. The molecule has 0 aliphatic rings. The van der Waals surface area contributed by atoms with Crippen LogP contribution in [0.15, 0.2) is 77.7 Å². The van der Waals surface area contributed by atoms with E-state index in [2.05, 4.69) is 11.4 Å². The number of rotatable bonds is 9. The largest absolute Gasteiger partial charge is 0.492 e. The van der Waals surface area contributed by atoms with Gasteiger partial charge >= 0.3 is 0 Å². The molecule has 0 aliphatic carbocycles. The summed E-state index contributed by atoms with van der Waals surface area (Å²) in [6, 6.07) is 21.2. The van der Waals surface area contributed by atoms with E-state index in [1.165, 1.54) is 24.3 Å². The molecule has 0 saturated carbocycles. The zero-order valence-electron chi connectivity index (χ0n) is 17.9. The number of benzene rings is 3. The molecule has 9 heteroatoms. The first-order chi connectivity index (χ1) is 15.8. The number of amides is 1. The molecule has 0 bridgehead atoms. The molecule has 1 N–H and O–H groups in total. The summed E-state index contributed by atoms with van der Waals surface area (Å²) in [7, 11) is -4.12. The van der Waals surface area contributed by atoms with Crippen LogP contribution in [0.5, 0.6) is 5.75 Å². The summed E-state index contributed by atoms with van der Waals surface area (Å²) < 4.78 is 33.7. The lowest BCUT2D eigenvalue weighted by atomic mass is 10.1. The van der Waals surface area contributed by atoms with Gasteiger partial charge in [-0.3, -0.25) is 9.10 Å². The van der Waals surface area contributed by atoms with E-state index in [0.29, 0.717) is 23.1 Å². The molecule has 33 heavy (non-hydrogen) atoms. The van der Waals surface area contributed by atoms with Gasteiger partial charge in [-0.05, 0) is 61.0 Å². The first-order valence-corrected chi connectivity index (χ1v) is 11.9. The summed E-state index contributed by atoms with van der Waals surface area (Å²) in [6.07, 6.45) is 0.259. The maximum absolute atomic E-state index is 13.5. The van der Waals surface area contributed by atoms with Crippen molar-refractivity contribution in [2.75, 3.05) is 22.8 Å². The summed E-state index contributed by atoms with van der Waals surface area (Å²) in [6.45, 7) is 1.64. The molecular weight excluding hydrogens is 462 g/mol. The van der Waals surface area contributed by atoms with Crippen molar-refractivity contribution in [3.8, 4) is 11.8 Å². The molecule has 0 unspecified atom stereocenters. The van der Waals surface area contributed by atoms with Gasteiger partial charge in [-0.1, -0.05) is 35.9 Å². The molecule has 3 aromatic rings. The van der Waals surface area contributed by atoms with Crippen molar-refractivity contribution >= 4 is 38.9 Å². The number of anilines is 2. The van der Waals surface area contributed by atoms with Crippen LogP contribution < -0.4 is 14.4 Å². The predicted octanol–water partition coefficient (Wildman–Crippen LogP) is 4.64. The van der Waals surface area contributed by atoms with Gasteiger partial charge in [0.15, 0.2) is 0 Å². The van der Waals surface area contributed by atoms with Gasteiger partial charge in [0.2, 0.25) is 5.91 Å². The number of nitrogens with one attached hydrogen (secondary N) is 1. The molecule has 0 heterocycles. The second kappa shape index (κ2) is 10.9. The summed E-state index contributed by atoms with van der Waals surface area (Å²) in [5, 5.41) is 11.9. The number of nitriles is 1.